The molecule has 8 heteroatoms. The van der Waals surface area contributed by atoms with Gasteiger partial charge in [0.2, 0.25) is 6.79 Å². The Labute approximate surface area is 154 Å². The van der Waals surface area contributed by atoms with Gasteiger partial charge in [-0.1, -0.05) is 24.3 Å². The van der Waals surface area contributed by atoms with Crippen molar-refractivity contribution < 1.29 is 23.8 Å². The van der Waals surface area contributed by atoms with Gasteiger partial charge in [0, 0.05) is 5.39 Å². The normalized spacial score (nSPS) is 13.4. The highest BCUT2D eigenvalue weighted by atomic mass is 16.7. The molecule has 2 heterocycles. The van der Waals surface area contributed by atoms with Crippen LogP contribution in [0.2, 0.25) is 0 Å². The number of hydrogen-bond acceptors (Lipinski definition) is 6. The van der Waals surface area contributed by atoms with Crippen molar-refractivity contribution in [1.29, 1.82) is 0 Å². The third kappa shape index (κ3) is 3.41. The largest absolute Gasteiger partial charge is 0.454 e. The Kier molecular flexibility index (Phi) is 4.37. The van der Waals surface area contributed by atoms with Crippen LogP contribution in [0, 0.1) is 0 Å². The van der Waals surface area contributed by atoms with Gasteiger partial charge in [-0.3, -0.25) is 9.89 Å². The molecule has 1 unspecified atom stereocenters. The van der Waals surface area contributed by atoms with Crippen LogP contribution in [0.25, 0.3) is 10.9 Å². The number of fused-ring (bicyclic) bond motifs is 2. The topological polar surface area (TPSA) is 103 Å². The number of nitrogens with one attached hydrogen (secondary N) is 2. The van der Waals surface area contributed by atoms with Gasteiger partial charge >= 0.3 is 5.97 Å². The average molecular weight is 367 g/mol. The number of carbonyl (C=O) groups excluding carboxylic acids is 2. The van der Waals surface area contributed by atoms with Crippen molar-refractivity contribution in [3.05, 3.63) is 53.7 Å². The van der Waals surface area contributed by atoms with E-state index in [9.17, 15) is 9.59 Å². The summed E-state index contributed by atoms with van der Waals surface area (Å²) < 4.78 is 15.7. The first kappa shape index (κ1) is 16.9. The number of esters is 1. The lowest BCUT2D eigenvalue weighted by Gasteiger charge is -2.14. The predicted octanol–water partition coefficient (Wildman–Crippen LogP) is 2.33. The number of rotatable bonds is 5. The van der Waals surface area contributed by atoms with Gasteiger partial charge in [0.1, 0.15) is 0 Å². The van der Waals surface area contributed by atoms with E-state index in [1.54, 1.807) is 24.3 Å². The lowest BCUT2D eigenvalue weighted by atomic mass is 10.1. The summed E-state index contributed by atoms with van der Waals surface area (Å²) in [6.07, 6.45) is 0. The molecule has 4 rings (SSSR count). The number of H-pyrrole nitrogens is 1. The van der Waals surface area contributed by atoms with Crippen LogP contribution < -0.4 is 14.8 Å². The van der Waals surface area contributed by atoms with Gasteiger partial charge in [0.25, 0.3) is 5.91 Å². The molecule has 3 aromatic rings. The number of benzene rings is 2. The zero-order valence-corrected chi connectivity index (χ0v) is 14.5. The van der Waals surface area contributed by atoms with E-state index in [-0.39, 0.29) is 18.5 Å². The van der Waals surface area contributed by atoms with E-state index in [2.05, 4.69) is 15.5 Å². The summed E-state index contributed by atoms with van der Waals surface area (Å²) >= 11 is 0. The van der Waals surface area contributed by atoms with E-state index in [1.807, 2.05) is 25.1 Å². The van der Waals surface area contributed by atoms with Crippen LogP contribution in [0.4, 0.5) is 0 Å². The molecular formula is C19H17N3O5. The molecule has 27 heavy (non-hydrogen) atoms. The monoisotopic (exact) mass is 367 g/mol. The fourth-order valence-electron chi connectivity index (χ4n) is 2.87. The summed E-state index contributed by atoms with van der Waals surface area (Å²) in [5.74, 6) is 0.259. The second-order valence-corrected chi connectivity index (χ2v) is 6.10. The summed E-state index contributed by atoms with van der Waals surface area (Å²) in [5.41, 5.74) is 1.74. The van der Waals surface area contributed by atoms with Crippen molar-refractivity contribution >= 4 is 22.8 Å². The van der Waals surface area contributed by atoms with Gasteiger partial charge in [0.05, 0.1) is 11.6 Å². The van der Waals surface area contributed by atoms with Crippen LogP contribution in [0.3, 0.4) is 0 Å². The Bertz CT molecular complexity index is 1010. The number of aromatic amines is 1. The van der Waals surface area contributed by atoms with Crippen molar-refractivity contribution in [2.45, 2.75) is 13.0 Å². The van der Waals surface area contributed by atoms with Gasteiger partial charge in [0.15, 0.2) is 23.8 Å². The number of carbonyl (C=O) groups is 2. The second kappa shape index (κ2) is 6.99. The highest BCUT2D eigenvalue weighted by Gasteiger charge is 2.19. The summed E-state index contributed by atoms with van der Waals surface area (Å²) in [4.78, 5) is 24.3. The molecule has 0 spiro atoms. The van der Waals surface area contributed by atoms with Gasteiger partial charge in [-0.25, -0.2) is 4.79 Å². The standard InChI is InChI=1S/C19H17N3O5/c1-11(12-6-7-15-16(8-12)27-10-26-15)20-17(23)9-25-19(24)18-13-4-2-3-5-14(13)21-22-18/h2-8,11H,9-10H2,1H3,(H,20,23)(H,21,22). The summed E-state index contributed by atoms with van der Waals surface area (Å²) in [6.45, 7) is 1.63. The molecule has 0 saturated heterocycles. The molecule has 1 aliphatic heterocycles. The third-order valence-electron chi connectivity index (χ3n) is 4.27. The molecule has 8 nitrogen and oxygen atoms in total. The number of amides is 1. The van der Waals surface area contributed by atoms with Crippen LogP contribution in [-0.2, 0) is 9.53 Å². The lowest BCUT2D eigenvalue weighted by molar-refractivity contribution is -0.124. The minimum Gasteiger partial charge on any atom is -0.454 e. The molecule has 0 fully saturated rings. The molecule has 138 valence electrons. The van der Waals surface area contributed by atoms with Crippen molar-refractivity contribution in [3.63, 3.8) is 0 Å². The number of aromatic nitrogens is 2. The molecule has 2 aromatic carbocycles. The Morgan fingerprint density at radius 2 is 2.04 bits per heavy atom. The molecule has 1 amide bonds. The fraction of sp³-hybridized carbons (Fsp3) is 0.211. The number of nitrogens with zero attached hydrogens (tertiary/aromatic N) is 1. The number of hydrogen-bond donors (Lipinski definition) is 2. The average Bonchev–Trinajstić information content (AvgIpc) is 3.32. The van der Waals surface area contributed by atoms with Crippen molar-refractivity contribution in [1.82, 2.24) is 15.5 Å². The van der Waals surface area contributed by atoms with Gasteiger partial charge in [-0.15, -0.1) is 0 Å². The Hall–Kier alpha value is -3.55. The molecule has 1 aromatic heterocycles. The molecule has 1 atom stereocenters. The fourth-order valence-corrected chi connectivity index (χ4v) is 2.87. The Morgan fingerprint density at radius 3 is 2.93 bits per heavy atom. The van der Waals surface area contributed by atoms with Gasteiger partial charge < -0.3 is 19.5 Å². The van der Waals surface area contributed by atoms with E-state index in [4.69, 9.17) is 14.2 Å². The molecular weight excluding hydrogens is 350 g/mol. The Balaban J connectivity index is 1.34. The summed E-state index contributed by atoms with van der Waals surface area (Å²) in [5, 5.41) is 10.1. The first-order chi connectivity index (χ1) is 13.1. The SMILES string of the molecule is CC(NC(=O)COC(=O)c1n[nH]c2ccccc12)c1ccc2c(c1)OCO2. The van der Waals surface area contributed by atoms with Crippen molar-refractivity contribution in [3.8, 4) is 11.5 Å². The summed E-state index contributed by atoms with van der Waals surface area (Å²) in [6, 6.07) is 12.4. The predicted molar refractivity (Wildman–Crippen MR) is 95.5 cm³/mol. The van der Waals surface area contributed by atoms with Crippen LogP contribution in [-0.4, -0.2) is 35.5 Å². The number of ether oxygens (including phenoxy) is 3. The van der Waals surface area contributed by atoms with Gasteiger partial charge in [-0.2, -0.15) is 5.10 Å². The Morgan fingerprint density at radius 1 is 1.22 bits per heavy atom. The van der Waals surface area contributed by atoms with Crippen LogP contribution in [0.15, 0.2) is 42.5 Å². The maximum atomic E-state index is 12.2. The molecule has 2 N–H and O–H groups in total. The van der Waals surface area contributed by atoms with Crippen molar-refractivity contribution in [2.24, 2.45) is 0 Å². The first-order valence-electron chi connectivity index (χ1n) is 8.41. The maximum Gasteiger partial charge on any atom is 0.359 e. The van der Waals surface area contributed by atoms with E-state index in [0.29, 0.717) is 16.9 Å². The number of para-hydroxylation sites is 1. The van der Waals surface area contributed by atoms with E-state index < -0.39 is 18.5 Å². The lowest BCUT2D eigenvalue weighted by Crippen LogP contribution is -2.31. The smallest absolute Gasteiger partial charge is 0.359 e. The van der Waals surface area contributed by atoms with E-state index in [0.717, 1.165) is 11.1 Å². The third-order valence-corrected chi connectivity index (χ3v) is 4.27. The molecule has 0 saturated carbocycles. The molecule has 0 radical (unpaired) electrons. The van der Waals surface area contributed by atoms with Crippen LogP contribution in [0.5, 0.6) is 11.5 Å². The molecule has 0 bridgehead atoms. The second-order valence-electron chi connectivity index (χ2n) is 6.10. The first-order valence-corrected chi connectivity index (χ1v) is 8.41. The highest BCUT2D eigenvalue weighted by Crippen LogP contribution is 2.34. The van der Waals surface area contributed by atoms with Gasteiger partial charge in [-0.05, 0) is 30.7 Å². The summed E-state index contributed by atoms with van der Waals surface area (Å²) in [7, 11) is 0. The minimum atomic E-state index is -0.654. The van der Waals surface area contributed by atoms with Crippen molar-refractivity contribution in [2.75, 3.05) is 13.4 Å². The molecule has 1 aliphatic rings. The van der Waals surface area contributed by atoms with Crippen LogP contribution in [0.1, 0.15) is 29.0 Å². The van der Waals surface area contributed by atoms with E-state index >= 15 is 0 Å². The zero-order chi connectivity index (χ0) is 18.8. The quantitative estimate of drug-likeness (QED) is 0.671. The minimum absolute atomic E-state index is 0.155. The highest BCUT2D eigenvalue weighted by molar-refractivity contribution is 6.02. The molecule has 0 aliphatic carbocycles. The van der Waals surface area contributed by atoms with Crippen LogP contribution >= 0.6 is 0 Å². The zero-order valence-electron chi connectivity index (χ0n) is 14.5. The maximum absolute atomic E-state index is 12.2. The van der Waals surface area contributed by atoms with E-state index in [1.165, 1.54) is 0 Å².